The van der Waals surface area contributed by atoms with Crippen molar-refractivity contribution in [3.63, 3.8) is 0 Å². The maximum Gasteiger partial charge on any atom is 0.407 e. The molecule has 96 valence electrons. The maximum atomic E-state index is 11.5. The van der Waals surface area contributed by atoms with Gasteiger partial charge in [0.2, 0.25) is 0 Å². The number of esters is 1. The van der Waals surface area contributed by atoms with Gasteiger partial charge in [-0.2, -0.15) is 0 Å². The highest BCUT2D eigenvalue weighted by molar-refractivity contribution is 5.92. The number of alkyl carbamates (subject to hydrolysis) is 1. The van der Waals surface area contributed by atoms with Gasteiger partial charge in [-0.15, -0.1) is 0 Å². The van der Waals surface area contributed by atoms with Crippen LogP contribution >= 0.6 is 0 Å². The summed E-state index contributed by atoms with van der Waals surface area (Å²) in [5.41, 5.74) is 0.345. The van der Waals surface area contributed by atoms with E-state index < -0.39 is 12.1 Å². The minimum absolute atomic E-state index is 0.187. The van der Waals surface area contributed by atoms with Crippen LogP contribution in [0.3, 0.4) is 0 Å². The summed E-state index contributed by atoms with van der Waals surface area (Å²) in [6, 6.07) is 6.74. The van der Waals surface area contributed by atoms with Crippen molar-refractivity contribution in [3.8, 4) is 5.75 Å². The number of para-hydroxylation sites is 1. The van der Waals surface area contributed by atoms with Gasteiger partial charge in [0.05, 0.1) is 13.7 Å². The number of ether oxygens (including phenoxy) is 3. The summed E-state index contributed by atoms with van der Waals surface area (Å²) in [7, 11) is 1.31. The van der Waals surface area contributed by atoms with Crippen LogP contribution in [0.15, 0.2) is 24.3 Å². The molecule has 1 heterocycles. The fraction of sp³-hybridized carbons (Fsp3) is 0.333. The number of cyclic esters (lactones) is 1. The molecule has 6 heteroatoms. The van der Waals surface area contributed by atoms with Crippen molar-refractivity contribution < 1.29 is 23.8 Å². The zero-order valence-corrected chi connectivity index (χ0v) is 9.84. The quantitative estimate of drug-likeness (QED) is 0.807. The number of hydrogen-bond donors (Lipinski definition) is 1. The molecule has 1 amide bonds. The summed E-state index contributed by atoms with van der Waals surface area (Å²) in [6.07, 6.45) is -0.798. The standard InChI is InChI=1S/C12H13NO5/c1-16-11(14)9-4-2-3-5-10(9)17-7-8-6-13-12(15)18-8/h2-5,8H,6-7H2,1H3,(H,13,15). The Morgan fingerprint density at radius 3 is 2.94 bits per heavy atom. The number of hydrogen-bond acceptors (Lipinski definition) is 5. The third-order valence-corrected chi connectivity index (χ3v) is 2.46. The third-order valence-electron chi connectivity index (χ3n) is 2.46. The van der Waals surface area contributed by atoms with Crippen molar-refractivity contribution in [3.05, 3.63) is 29.8 Å². The molecule has 2 rings (SSSR count). The number of amides is 1. The largest absolute Gasteiger partial charge is 0.489 e. The van der Waals surface area contributed by atoms with Gasteiger partial charge in [0, 0.05) is 0 Å². The van der Waals surface area contributed by atoms with Gasteiger partial charge in [-0.05, 0) is 12.1 Å². The molecule has 1 aromatic rings. The molecule has 0 bridgehead atoms. The lowest BCUT2D eigenvalue weighted by Gasteiger charge is -2.12. The first-order valence-corrected chi connectivity index (χ1v) is 5.45. The average molecular weight is 251 g/mol. The van der Waals surface area contributed by atoms with Crippen molar-refractivity contribution >= 4 is 12.1 Å². The van der Waals surface area contributed by atoms with Gasteiger partial charge in [-0.1, -0.05) is 12.1 Å². The Hall–Kier alpha value is -2.24. The van der Waals surface area contributed by atoms with E-state index in [1.807, 2.05) is 0 Å². The van der Waals surface area contributed by atoms with Crippen LogP contribution in [0.2, 0.25) is 0 Å². The molecule has 0 aliphatic carbocycles. The summed E-state index contributed by atoms with van der Waals surface area (Å²) < 4.78 is 15.0. The first-order valence-electron chi connectivity index (χ1n) is 5.45. The monoisotopic (exact) mass is 251 g/mol. The zero-order valence-electron chi connectivity index (χ0n) is 9.84. The van der Waals surface area contributed by atoms with Gasteiger partial charge in [-0.3, -0.25) is 0 Å². The molecule has 1 aliphatic rings. The molecule has 1 aromatic carbocycles. The minimum atomic E-state index is -0.466. The van der Waals surface area contributed by atoms with Crippen LogP contribution in [0.25, 0.3) is 0 Å². The number of benzene rings is 1. The highest BCUT2D eigenvalue weighted by atomic mass is 16.6. The van der Waals surface area contributed by atoms with Crippen LogP contribution < -0.4 is 10.1 Å². The second-order valence-corrected chi connectivity index (χ2v) is 3.71. The van der Waals surface area contributed by atoms with Gasteiger partial charge < -0.3 is 19.5 Å². The highest BCUT2D eigenvalue weighted by Crippen LogP contribution is 2.19. The predicted molar refractivity (Wildman–Crippen MR) is 61.5 cm³/mol. The average Bonchev–Trinajstić information content (AvgIpc) is 2.81. The minimum Gasteiger partial charge on any atom is -0.489 e. The van der Waals surface area contributed by atoms with Crippen molar-refractivity contribution in [1.29, 1.82) is 0 Å². The van der Waals surface area contributed by atoms with Crippen LogP contribution in [-0.4, -0.2) is 38.4 Å². The van der Waals surface area contributed by atoms with E-state index in [0.29, 0.717) is 17.9 Å². The lowest BCUT2D eigenvalue weighted by atomic mass is 10.2. The van der Waals surface area contributed by atoms with E-state index in [9.17, 15) is 9.59 Å². The Morgan fingerprint density at radius 1 is 1.50 bits per heavy atom. The van der Waals surface area contributed by atoms with Crippen LogP contribution in [0.1, 0.15) is 10.4 Å². The number of methoxy groups -OCH3 is 1. The van der Waals surface area contributed by atoms with E-state index in [1.54, 1.807) is 24.3 Å². The molecule has 0 aromatic heterocycles. The topological polar surface area (TPSA) is 73.9 Å². The smallest absolute Gasteiger partial charge is 0.407 e. The van der Waals surface area contributed by atoms with Crippen LogP contribution in [0, 0.1) is 0 Å². The number of rotatable bonds is 4. The summed E-state index contributed by atoms with van der Waals surface area (Å²) in [5.74, 6) is -0.0561. The molecular formula is C12H13NO5. The lowest BCUT2D eigenvalue weighted by Crippen LogP contribution is -2.22. The van der Waals surface area contributed by atoms with Crippen molar-refractivity contribution in [1.82, 2.24) is 5.32 Å². The van der Waals surface area contributed by atoms with E-state index in [1.165, 1.54) is 7.11 Å². The molecule has 0 saturated carbocycles. The van der Waals surface area contributed by atoms with Crippen LogP contribution in [0.4, 0.5) is 4.79 Å². The van der Waals surface area contributed by atoms with Crippen LogP contribution in [-0.2, 0) is 9.47 Å². The van der Waals surface area contributed by atoms with E-state index in [2.05, 4.69) is 10.1 Å². The van der Waals surface area contributed by atoms with E-state index in [4.69, 9.17) is 9.47 Å². The van der Waals surface area contributed by atoms with Crippen molar-refractivity contribution in [2.75, 3.05) is 20.3 Å². The predicted octanol–water partition coefficient (Wildman–Crippen LogP) is 0.960. The summed E-state index contributed by atoms with van der Waals surface area (Å²) in [5, 5.41) is 2.52. The molecule has 18 heavy (non-hydrogen) atoms. The SMILES string of the molecule is COC(=O)c1ccccc1OCC1CNC(=O)O1. The molecule has 1 atom stereocenters. The summed E-state index contributed by atoms with van der Waals surface area (Å²) in [4.78, 5) is 22.3. The second kappa shape index (κ2) is 5.39. The molecule has 6 nitrogen and oxygen atoms in total. The Balaban J connectivity index is 2.00. The fourth-order valence-electron chi connectivity index (χ4n) is 1.58. The van der Waals surface area contributed by atoms with Crippen LogP contribution in [0.5, 0.6) is 5.75 Å². The van der Waals surface area contributed by atoms with Crippen molar-refractivity contribution in [2.45, 2.75) is 6.10 Å². The number of carbonyl (C=O) groups is 2. The Labute approximate surface area is 104 Å². The first-order chi connectivity index (χ1) is 8.70. The Kier molecular flexibility index (Phi) is 3.66. The Morgan fingerprint density at radius 2 is 2.28 bits per heavy atom. The first kappa shape index (κ1) is 12.2. The molecule has 0 radical (unpaired) electrons. The van der Waals surface area contributed by atoms with Gasteiger partial charge in [0.1, 0.15) is 17.9 Å². The normalized spacial score (nSPS) is 17.8. The molecule has 1 unspecified atom stereocenters. The molecule has 1 fully saturated rings. The number of nitrogens with one attached hydrogen (secondary N) is 1. The summed E-state index contributed by atoms with van der Waals surface area (Å²) >= 11 is 0. The lowest BCUT2D eigenvalue weighted by molar-refractivity contribution is 0.0590. The Bertz CT molecular complexity index is 460. The van der Waals surface area contributed by atoms with Gasteiger partial charge >= 0.3 is 12.1 Å². The zero-order chi connectivity index (χ0) is 13.0. The van der Waals surface area contributed by atoms with Gasteiger partial charge in [-0.25, -0.2) is 9.59 Å². The van der Waals surface area contributed by atoms with E-state index >= 15 is 0 Å². The number of carbonyl (C=O) groups excluding carboxylic acids is 2. The second-order valence-electron chi connectivity index (χ2n) is 3.71. The van der Waals surface area contributed by atoms with E-state index in [-0.39, 0.29) is 12.7 Å². The van der Waals surface area contributed by atoms with Gasteiger partial charge in [0.25, 0.3) is 0 Å². The van der Waals surface area contributed by atoms with Crippen molar-refractivity contribution in [2.24, 2.45) is 0 Å². The summed E-state index contributed by atoms with van der Waals surface area (Å²) in [6.45, 7) is 0.589. The van der Waals surface area contributed by atoms with E-state index in [0.717, 1.165) is 0 Å². The highest BCUT2D eigenvalue weighted by Gasteiger charge is 2.23. The maximum absolute atomic E-state index is 11.5. The molecule has 1 aliphatic heterocycles. The molecular weight excluding hydrogens is 238 g/mol. The molecule has 1 saturated heterocycles. The van der Waals surface area contributed by atoms with Gasteiger partial charge in [0.15, 0.2) is 6.10 Å². The fourth-order valence-corrected chi connectivity index (χ4v) is 1.58. The third kappa shape index (κ3) is 2.71. The molecule has 1 N–H and O–H groups in total. The molecule has 0 spiro atoms.